The number of nitrogens with zero attached hydrogens (tertiary/aromatic N) is 2. The molecule has 0 spiro atoms. The van der Waals surface area contributed by atoms with Crippen molar-refractivity contribution in [3.63, 3.8) is 0 Å². The summed E-state index contributed by atoms with van der Waals surface area (Å²) in [4.78, 5) is 7.74. The summed E-state index contributed by atoms with van der Waals surface area (Å²) >= 11 is 0. The molecule has 1 aromatic heterocycles. The fourth-order valence-corrected chi connectivity index (χ4v) is 1.63. The first-order chi connectivity index (χ1) is 7.10. The highest BCUT2D eigenvalue weighted by Crippen LogP contribution is 2.28. The summed E-state index contributed by atoms with van der Waals surface area (Å²) in [5.74, 6) is 0.0117. The molecular weight excluding hydrogens is 197 g/mol. The third-order valence-electron chi connectivity index (χ3n) is 2.90. The van der Waals surface area contributed by atoms with Crippen LogP contribution in [-0.2, 0) is 4.74 Å². The average Bonchev–Trinajstić information content (AvgIpc) is 2.51. The van der Waals surface area contributed by atoms with Crippen molar-refractivity contribution >= 4 is 5.95 Å². The Morgan fingerprint density at radius 1 is 1.53 bits per heavy atom. The van der Waals surface area contributed by atoms with Gasteiger partial charge in [0.2, 0.25) is 5.95 Å². The monoisotopic (exact) mass is 211 g/mol. The summed E-state index contributed by atoms with van der Waals surface area (Å²) in [5.41, 5.74) is -0.169. The lowest BCUT2D eigenvalue weighted by molar-refractivity contribution is 0.105. The summed E-state index contributed by atoms with van der Waals surface area (Å²) in [7, 11) is 0. The van der Waals surface area contributed by atoms with Crippen molar-refractivity contribution < 1.29 is 9.13 Å². The van der Waals surface area contributed by atoms with Gasteiger partial charge in [-0.3, -0.25) is 0 Å². The SMILES string of the molecule is CC1OCCC1(C)Nc1ncc(F)cn1. The van der Waals surface area contributed by atoms with Gasteiger partial charge in [0.1, 0.15) is 0 Å². The minimum atomic E-state index is -0.429. The second kappa shape index (κ2) is 3.73. The molecule has 0 aliphatic carbocycles. The van der Waals surface area contributed by atoms with Crippen LogP contribution in [0.1, 0.15) is 20.3 Å². The van der Waals surface area contributed by atoms with E-state index >= 15 is 0 Å². The molecule has 1 aliphatic heterocycles. The van der Waals surface area contributed by atoms with Gasteiger partial charge in [-0.2, -0.15) is 0 Å². The Kier molecular flexibility index (Phi) is 2.56. The molecule has 0 aromatic carbocycles. The number of rotatable bonds is 2. The van der Waals surface area contributed by atoms with Gasteiger partial charge in [-0.1, -0.05) is 0 Å². The van der Waals surface area contributed by atoms with Crippen LogP contribution in [-0.4, -0.2) is 28.2 Å². The van der Waals surface area contributed by atoms with E-state index in [4.69, 9.17) is 4.74 Å². The van der Waals surface area contributed by atoms with E-state index < -0.39 is 5.82 Å². The predicted octanol–water partition coefficient (Wildman–Crippen LogP) is 1.60. The van der Waals surface area contributed by atoms with Gasteiger partial charge >= 0.3 is 0 Å². The van der Waals surface area contributed by atoms with E-state index in [0.29, 0.717) is 5.95 Å². The largest absolute Gasteiger partial charge is 0.376 e. The van der Waals surface area contributed by atoms with Crippen LogP contribution >= 0.6 is 0 Å². The van der Waals surface area contributed by atoms with Crippen LogP contribution in [0.5, 0.6) is 0 Å². The predicted molar refractivity (Wildman–Crippen MR) is 54.0 cm³/mol. The molecular formula is C10H14FN3O. The van der Waals surface area contributed by atoms with E-state index in [0.717, 1.165) is 25.4 Å². The zero-order valence-electron chi connectivity index (χ0n) is 8.83. The number of hydrogen-bond acceptors (Lipinski definition) is 4. The van der Waals surface area contributed by atoms with Crippen LogP contribution in [0.4, 0.5) is 10.3 Å². The van der Waals surface area contributed by atoms with E-state index in [-0.39, 0.29) is 11.6 Å². The van der Waals surface area contributed by atoms with Gasteiger partial charge in [0, 0.05) is 6.61 Å². The molecule has 2 rings (SSSR count). The molecule has 0 amide bonds. The summed E-state index contributed by atoms with van der Waals surface area (Å²) in [6.07, 6.45) is 3.30. The Morgan fingerprint density at radius 3 is 2.73 bits per heavy atom. The quantitative estimate of drug-likeness (QED) is 0.807. The average molecular weight is 211 g/mol. The van der Waals surface area contributed by atoms with Crippen molar-refractivity contribution in [3.05, 3.63) is 18.2 Å². The summed E-state index contributed by atoms with van der Waals surface area (Å²) in [5, 5.41) is 3.18. The van der Waals surface area contributed by atoms with Crippen LogP contribution in [0, 0.1) is 5.82 Å². The third kappa shape index (κ3) is 2.07. The van der Waals surface area contributed by atoms with Crippen LogP contribution in [0.3, 0.4) is 0 Å². The summed E-state index contributed by atoms with van der Waals surface area (Å²) in [6, 6.07) is 0. The lowest BCUT2D eigenvalue weighted by Crippen LogP contribution is -2.41. The van der Waals surface area contributed by atoms with Crippen molar-refractivity contribution in [3.8, 4) is 0 Å². The molecule has 15 heavy (non-hydrogen) atoms. The van der Waals surface area contributed by atoms with Crippen LogP contribution in [0.15, 0.2) is 12.4 Å². The highest BCUT2D eigenvalue weighted by Gasteiger charge is 2.37. The fraction of sp³-hybridized carbons (Fsp3) is 0.600. The molecule has 5 heteroatoms. The third-order valence-corrected chi connectivity index (χ3v) is 2.90. The molecule has 0 saturated carbocycles. The van der Waals surface area contributed by atoms with Crippen molar-refractivity contribution in [1.82, 2.24) is 9.97 Å². The van der Waals surface area contributed by atoms with Gasteiger partial charge < -0.3 is 10.1 Å². The number of hydrogen-bond donors (Lipinski definition) is 1. The lowest BCUT2D eigenvalue weighted by Gasteiger charge is -2.28. The van der Waals surface area contributed by atoms with E-state index in [1.807, 2.05) is 6.92 Å². The lowest BCUT2D eigenvalue weighted by atomic mass is 9.95. The van der Waals surface area contributed by atoms with Crippen molar-refractivity contribution in [2.24, 2.45) is 0 Å². The Morgan fingerprint density at radius 2 is 2.20 bits per heavy atom. The molecule has 2 heterocycles. The fourth-order valence-electron chi connectivity index (χ4n) is 1.63. The minimum Gasteiger partial charge on any atom is -0.376 e. The number of anilines is 1. The second-order valence-corrected chi connectivity index (χ2v) is 4.03. The molecule has 2 atom stereocenters. The first-order valence-electron chi connectivity index (χ1n) is 4.97. The number of aromatic nitrogens is 2. The highest BCUT2D eigenvalue weighted by atomic mass is 19.1. The molecule has 2 unspecified atom stereocenters. The molecule has 0 bridgehead atoms. The Bertz CT molecular complexity index is 343. The molecule has 4 nitrogen and oxygen atoms in total. The zero-order valence-corrected chi connectivity index (χ0v) is 8.83. The number of ether oxygens (including phenoxy) is 1. The van der Waals surface area contributed by atoms with E-state index in [9.17, 15) is 4.39 Å². The highest BCUT2D eigenvalue weighted by molar-refractivity contribution is 5.29. The van der Waals surface area contributed by atoms with Crippen molar-refractivity contribution in [1.29, 1.82) is 0 Å². The Hall–Kier alpha value is -1.23. The molecule has 1 N–H and O–H groups in total. The normalized spacial score (nSPS) is 30.5. The summed E-state index contributed by atoms with van der Waals surface area (Å²) in [6.45, 7) is 4.78. The maximum absolute atomic E-state index is 12.6. The van der Waals surface area contributed by atoms with Crippen LogP contribution in [0.25, 0.3) is 0 Å². The first kappa shape index (κ1) is 10.3. The van der Waals surface area contributed by atoms with Gasteiger partial charge in [-0.05, 0) is 20.3 Å². The van der Waals surface area contributed by atoms with E-state index in [1.54, 1.807) is 0 Å². The van der Waals surface area contributed by atoms with Crippen LogP contribution in [0.2, 0.25) is 0 Å². The standard InChI is InChI=1S/C10H14FN3O/c1-7-10(2,3-4-15-7)14-9-12-5-8(11)6-13-9/h5-7H,3-4H2,1-2H3,(H,12,13,14). The van der Waals surface area contributed by atoms with Gasteiger partial charge in [0.05, 0.1) is 24.0 Å². The Labute approximate surface area is 87.9 Å². The number of nitrogens with one attached hydrogen (secondary N) is 1. The van der Waals surface area contributed by atoms with Gasteiger partial charge in [-0.25, -0.2) is 14.4 Å². The topological polar surface area (TPSA) is 47.0 Å². The van der Waals surface area contributed by atoms with Crippen LogP contribution < -0.4 is 5.32 Å². The molecule has 0 radical (unpaired) electrons. The molecule has 1 saturated heterocycles. The smallest absolute Gasteiger partial charge is 0.223 e. The van der Waals surface area contributed by atoms with Crippen molar-refractivity contribution in [2.75, 3.05) is 11.9 Å². The summed E-state index contributed by atoms with van der Waals surface area (Å²) < 4.78 is 18.1. The zero-order chi connectivity index (χ0) is 10.9. The maximum Gasteiger partial charge on any atom is 0.223 e. The molecule has 1 aromatic rings. The molecule has 82 valence electrons. The maximum atomic E-state index is 12.6. The minimum absolute atomic E-state index is 0.103. The van der Waals surface area contributed by atoms with E-state index in [1.165, 1.54) is 0 Å². The van der Waals surface area contributed by atoms with E-state index in [2.05, 4.69) is 22.2 Å². The van der Waals surface area contributed by atoms with Gasteiger partial charge in [0.15, 0.2) is 5.82 Å². The Balaban J connectivity index is 2.11. The second-order valence-electron chi connectivity index (χ2n) is 4.03. The molecule has 1 aliphatic rings. The molecule has 1 fully saturated rings. The van der Waals surface area contributed by atoms with Gasteiger partial charge in [-0.15, -0.1) is 0 Å². The van der Waals surface area contributed by atoms with Gasteiger partial charge in [0.25, 0.3) is 0 Å². The van der Waals surface area contributed by atoms with Crippen molar-refractivity contribution in [2.45, 2.75) is 31.9 Å². The number of halogens is 1. The first-order valence-corrected chi connectivity index (χ1v) is 4.97.